The van der Waals surface area contributed by atoms with Gasteiger partial charge in [0.25, 0.3) is 0 Å². The molecule has 0 amide bonds. The molecule has 0 atom stereocenters. The van der Waals surface area contributed by atoms with E-state index in [1.54, 1.807) is 22.8 Å². The molecule has 1 fully saturated rings. The Morgan fingerprint density at radius 1 is 1.47 bits per heavy atom. The monoisotopic (exact) mass is 295 g/mol. The molecule has 2 aromatic rings. The van der Waals surface area contributed by atoms with Crippen molar-refractivity contribution in [2.45, 2.75) is 28.9 Å². The van der Waals surface area contributed by atoms with Crippen LogP contribution in [0.3, 0.4) is 0 Å². The second-order valence-corrected chi connectivity index (χ2v) is 5.76. The molecule has 7 heteroatoms. The number of carbonyl (C=O) groups is 1. The van der Waals surface area contributed by atoms with Crippen molar-refractivity contribution in [1.82, 2.24) is 14.8 Å². The number of hydrogen-bond acceptors (Lipinski definition) is 4. The van der Waals surface area contributed by atoms with Crippen molar-refractivity contribution in [3.63, 3.8) is 0 Å². The van der Waals surface area contributed by atoms with Gasteiger partial charge in [-0.1, -0.05) is 11.6 Å². The highest BCUT2D eigenvalue weighted by Gasteiger charge is 2.29. The molecule has 1 saturated carbocycles. The lowest BCUT2D eigenvalue weighted by molar-refractivity contribution is 0.112. The van der Waals surface area contributed by atoms with Crippen LogP contribution in [0.2, 0.25) is 5.02 Å². The maximum absolute atomic E-state index is 11.7. The summed E-state index contributed by atoms with van der Waals surface area (Å²) in [7, 11) is 0. The Kier molecular flexibility index (Phi) is 3.20. The van der Waals surface area contributed by atoms with Crippen LogP contribution in [-0.2, 0) is 0 Å². The molecule has 1 aliphatic rings. The molecule has 0 saturated heterocycles. The Morgan fingerprint density at radius 2 is 2.26 bits per heavy atom. The number of H-pyrrole nitrogens is 1. The molecular weight excluding hydrogens is 286 g/mol. The molecule has 0 unspecified atom stereocenters. The summed E-state index contributed by atoms with van der Waals surface area (Å²) in [4.78, 5) is 23.4. The molecule has 1 aromatic carbocycles. The summed E-state index contributed by atoms with van der Waals surface area (Å²) in [6, 6.07) is 5.25. The SMILES string of the molecule is O=Cc1ccc(Cl)cc1Sc1n[nH]c(=O)n1C1CC1. The van der Waals surface area contributed by atoms with Crippen molar-refractivity contribution in [3.05, 3.63) is 39.3 Å². The van der Waals surface area contributed by atoms with E-state index in [1.807, 2.05) is 0 Å². The fourth-order valence-corrected chi connectivity index (χ4v) is 3.08. The second-order valence-electron chi connectivity index (χ2n) is 4.31. The molecule has 3 rings (SSSR count). The number of halogens is 1. The maximum atomic E-state index is 11.7. The first kappa shape index (κ1) is 12.5. The minimum absolute atomic E-state index is 0.209. The van der Waals surface area contributed by atoms with Crippen LogP contribution in [-0.4, -0.2) is 21.1 Å². The number of nitrogens with zero attached hydrogens (tertiary/aromatic N) is 2. The smallest absolute Gasteiger partial charge is 0.298 e. The van der Waals surface area contributed by atoms with E-state index < -0.39 is 0 Å². The second kappa shape index (κ2) is 4.86. The van der Waals surface area contributed by atoms with Crippen molar-refractivity contribution in [2.75, 3.05) is 0 Å². The van der Waals surface area contributed by atoms with Gasteiger partial charge in [-0.25, -0.2) is 9.89 Å². The topological polar surface area (TPSA) is 67.8 Å². The summed E-state index contributed by atoms with van der Waals surface area (Å²) in [6.45, 7) is 0. The normalized spacial score (nSPS) is 14.6. The van der Waals surface area contributed by atoms with Gasteiger partial charge >= 0.3 is 5.69 Å². The van der Waals surface area contributed by atoms with Gasteiger partial charge in [-0.3, -0.25) is 9.36 Å². The predicted molar refractivity (Wildman–Crippen MR) is 72.1 cm³/mol. The van der Waals surface area contributed by atoms with Crippen LogP contribution >= 0.6 is 23.4 Å². The molecular formula is C12H10ClN3O2S. The van der Waals surface area contributed by atoms with Crippen molar-refractivity contribution < 1.29 is 4.79 Å². The Labute approximate surface area is 118 Å². The molecule has 5 nitrogen and oxygen atoms in total. The quantitative estimate of drug-likeness (QED) is 0.880. The predicted octanol–water partition coefficient (Wildman–Crippen LogP) is 2.52. The van der Waals surface area contributed by atoms with E-state index >= 15 is 0 Å². The van der Waals surface area contributed by atoms with Crippen LogP contribution < -0.4 is 5.69 Å². The van der Waals surface area contributed by atoms with E-state index in [4.69, 9.17) is 11.6 Å². The Balaban J connectivity index is 1.99. The number of aromatic nitrogens is 3. The molecule has 0 aliphatic heterocycles. The van der Waals surface area contributed by atoms with Crippen molar-refractivity contribution >= 4 is 29.6 Å². The van der Waals surface area contributed by atoms with Crippen LogP contribution in [0.25, 0.3) is 0 Å². The van der Waals surface area contributed by atoms with E-state index in [-0.39, 0.29) is 11.7 Å². The number of rotatable bonds is 4. The summed E-state index contributed by atoms with van der Waals surface area (Å²) in [5.74, 6) is 0. The molecule has 1 aliphatic carbocycles. The molecule has 19 heavy (non-hydrogen) atoms. The summed E-state index contributed by atoms with van der Waals surface area (Å²) < 4.78 is 1.64. The van der Waals surface area contributed by atoms with Crippen molar-refractivity contribution in [1.29, 1.82) is 0 Å². The zero-order valence-corrected chi connectivity index (χ0v) is 11.4. The first-order chi connectivity index (χ1) is 9.19. The van der Waals surface area contributed by atoms with E-state index in [1.165, 1.54) is 11.8 Å². The highest BCUT2D eigenvalue weighted by molar-refractivity contribution is 7.99. The van der Waals surface area contributed by atoms with E-state index in [0.717, 1.165) is 19.1 Å². The third kappa shape index (κ3) is 2.46. The average molecular weight is 296 g/mol. The van der Waals surface area contributed by atoms with Gasteiger partial charge in [0.05, 0.1) is 0 Å². The minimum atomic E-state index is -0.209. The third-order valence-electron chi connectivity index (χ3n) is 2.89. The van der Waals surface area contributed by atoms with Gasteiger partial charge in [0, 0.05) is 21.5 Å². The summed E-state index contributed by atoms with van der Waals surface area (Å²) in [5.41, 5.74) is 0.326. The number of aromatic amines is 1. The van der Waals surface area contributed by atoms with Crippen LogP contribution in [0.4, 0.5) is 0 Å². The largest absolute Gasteiger partial charge is 0.344 e. The molecule has 1 heterocycles. The highest BCUT2D eigenvalue weighted by atomic mass is 35.5. The minimum Gasteiger partial charge on any atom is -0.298 e. The average Bonchev–Trinajstić information content (AvgIpc) is 3.15. The Hall–Kier alpha value is -1.53. The lowest BCUT2D eigenvalue weighted by Crippen LogP contribution is -2.16. The number of nitrogens with one attached hydrogen (secondary N) is 1. The lowest BCUT2D eigenvalue weighted by atomic mass is 10.2. The molecule has 0 spiro atoms. The standard InChI is InChI=1S/C12H10ClN3O2S/c13-8-2-1-7(6-17)10(5-8)19-12-15-14-11(18)16(12)9-3-4-9/h1-2,5-6,9H,3-4H2,(H,14,18). The van der Waals surface area contributed by atoms with E-state index in [9.17, 15) is 9.59 Å². The summed E-state index contributed by atoms with van der Waals surface area (Å²) in [6.07, 6.45) is 2.75. The van der Waals surface area contributed by atoms with Gasteiger partial charge in [0.15, 0.2) is 11.4 Å². The van der Waals surface area contributed by atoms with Gasteiger partial charge in [-0.15, -0.1) is 5.10 Å². The molecule has 1 N–H and O–H groups in total. The lowest BCUT2D eigenvalue weighted by Gasteiger charge is -2.05. The van der Waals surface area contributed by atoms with Gasteiger partial charge in [0.1, 0.15) is 0 Å². The number of carbonyl (C=O) groups excluding carboxylic acids is 1. The highest BCUT2D eigenvalue weighted by Crippen LogP contribution is 2.38. The molecule has 1 aromatic heterocycles. The van der Waals surface area contributed by atoms with Gasteiger partial charge in [-0.05, 0) is 42.8 Å². The van der Waals surface area contributed by atoms with E-state index in [0.29, 0.717) is 20.6 Å². The van der Waals surface area contributed by atoms with Crippen molar-refractivity contribution in [3.8, 4) is 0 Å². The van der Waals surface area contributed by atoms with Gasteiger partial charge in [0.2, 0.25) is 0 Å². The maximum Gasteiger partial charge on any atom is 0.344 e. The van der Waals surface area contributed by atoms with Gasteiger partial charge in [-0.2, -0.15) is 0 Å². The molecule has 0 radical (unpaired) electrons. The number of aldehydes is 1. The van der Waals surface area contributed by atoms with E-state index in [2.05, 4.69) is 10.2 Å². The van der Waals surface area contributed by atoms with Crippen LogP contribution in [0.1, 0.15) is 29.2 Å². The first-order valence-corrected chi connectivity index (χ1v) is 6.98. The van der Waals surface area contributed by atoms with Gasteiger partial charge < -0.3 is 0 Å². The summed E-state index contributed by atoms with van der Waals surface area (Å²) in [5, 5.41) is 7.57. The van der Waals surface area contributed by atoms with Crippen LogP contribution in [0, 0.1) is 0 Å². The van der Waals surface area contributed by atoms with Crippen molar-refractivity contribution in [2.24, 2.45) is 0 Å². The zero-order valence-electron chi connectivity index (χ0n) is 9.80. The zero-order chi connectivity index (χ0) is 13.4. The first-order valence-electron chi connectivity index (χ1n) is 5.78. The Bertz CT molecular complexity index is 691. The fourth-order valence-electron chi connectivity index (χ4n) is 1.81. The fraction of sp³-hybridized carbons (Fsp3) is 0.250. The third-order valence-corrected chi connectivity index (χ3v) is 4.17. The molecule has 0 bridgehead atoms. The summed E-state index contributed by atoms with van der Waals surface area (Å²) >= 11 is 7.21. The number of benzene rings is 1. The Morgan fingerprint density at radius 3 is 2.95 bits per heavy atom. The number of hydrogen-bond donors (Lipinski definition) is 1. The van der Waals surface area contributed by atoms with Crippen LogP contribution in [0.15, 0.2) is 33.0 Å². The molecule has 98 valence electrons. The van der Waals surface area contributed by atoms with Crippen LogP contribution in [0.5, 0.6) is 0 Å².